The number of likely N-dealkylation sites (tertiary alicyclic amines) is 1. The van der Waals surface area contributed by atoms with Crippen molar-refractivity contribution in [3.63, 3.8) is 0 Å². The number of halogens is 1. The van der Waals surface area contributed by atoms with Crippen LogP contribution < -0.4 is 5.32 Å². The highest BCUT2D eigenvalue weighted by Crippen LogP contribution is 2.34. The zero-order valence-electron chi connectivity index (χ0n) is 13.2. The van der Waals surface area contributed by atoms with Crippen LogP contribution in [-0.4, -0.2) is 33.9 Å². The first-order chi connectivity index (χ1) is 11.0. The zero-order chi connectivity index (χ0) is 16.4. The van der Waals surface area contributed by atoms with Crippen molar-refractivity contribution in [3.05, 3.63) is 45.1 Å². The summed E-state index contributed by atoms with van der Waals surface area (Å²) in [6.07, 6.45) is 2.52. The van der Waals surface area contributed by atoms with Crippen molar-refractivity contribution in [3.8, 4) is 0 Å². The molecule has 0 spiro atoms. The van der Waals surface area contributed by atoms with Gasteiger partial charge in [-0.25, -0.2) is 4.98 Å². The number of pyridine rings is 1. The lowest BCUT2D eigenvalue weighted by Gasteiger charge is -2.28. The molecule has 1 aliphatic rings. The largest absolute Gasteiger partial charge is 0.343 e. The molecule has 1 atom stereocenters. The van der Waals surface area contributed by atoms with Crippen molar-refractivity contribution in [1.29, 1.82) is 0 Å². The molecule has 0 radical (unpaired) electrons. The van der Waals surface area contributed by atoms with Crippen LogP contribution in [0.2, 0.25) is 5.02 Å². The molecule has 1 N–H and O–H groups in total. The molecular weight excluding hydrogens is 332 g/mol. The Morgan fingerprint density at radius 1 is 1.52 bits per heavy atom. The lowest BCUT2D eigenvalue weighted by atomic mass is 9.99. The van der Waals surface area contributed by atoms with Gasteiger partial charge in [0, 0.05) is 43.8 Å². The van der Waals surface area contributed by atoms with Gasteiger partial charge in [-0.1, -0.05) is 11.6 Å². The van der Waals surface area contributed by atoms with Crippen LogP contribution in [-0.2, 0) is 16.9 Å². The first-order valence-electron chi connectivity index (χ1n) is 7.51. The van der Waals surface area contributed by atoms with Crippen molar-refractivity contribution in [2.45, 2.75) is 32.4 Å². The fourth-order valence-corrected chi connectivity index (χ4v) is 4.08. The van der Waals surface area contributed by atoms with E-state index < -0.39 is 5.54 Å². The van der Waals surface area contributed by atoms with Crippen LogP contribution in [0.15, 0.2) is 23.7 Å². The fraction of sp³-hybridized carbons (Fsp3) is 0.438. The molecule has 23 heavy (non-hydrogen) atoms. The molecule has 3 rings (SSSR count). The Balaban J connectivity index is 1.77. The van der Waals surface area contributed by atoms with Crippen molar-refractivity contribution in [1.82, 2.24) is 20.2 Å². The highest BCUT2D eigenvalue weighted by atomic mass is 35.5. The lowest BCUT2D eigenvalue weighted by Crippen LogP contribution is -2.47. The minimum atomic E-state index is -0.392. The normalized spacial score (nSPS) is 21.5. The first-order valence-corrected chi connectivity index (χ1v) is 8.77. The molecule has 0 aromatic carbocycles. The van der Waals surface area contributed by atoms with Crippen LogP contribution in [0, 0.1) is 6.92 Å². The molecule has 2 aromatic rings. The Bertz CT molecular complexity index is 702. The Kier molecular flexibility index (Phi) is 4.66. The molecule has 0 bridgehead atoms. The Labute approximate surface area is 144 Å². The van der Waals surface area contributed by atoms with Gasteiger partial charge in [0.25, 0.3) is 0 Å². The monoisotopic (exact) mass is 350 g/mol. The summed E-state index contributed by atoms with van der Waals surface area (Å²) in [5, 5.41) is 6.79. The van der Waals surface area contributed by atoms with Gasteiger partial charge in [0.2, 0.25) is 5.91 Å². The number of carbonyl (C=O) groups excluding carboxylic acids is 1. The number of nitrogens with zero attached hydrogens (tertiary/aromatic N) is 3. The van der Waals surface area contributed by atoms with Gasteiger partial charge in [-0.3, -0.25) is 14.7 Å². The van der Waals surface area contributed by atoms with Crippen molar-refractivity contribution in [2.75, 3.05) is 13.1 Å². The van der Waals surface area contributed by atoms with Gasteiger partial charge in [-0.15, -0.1) is 11.3 Å². The van der Waals surface area contributed by atoms with Crippen molar-refractivity contribution < 1.29 is 4.79 Å². The number of aryl methyl sites for hydroxylation is 1. The van der Waals surface area contributed by atoms with Gasteiger partial charge in [-0.05, 0) is 25.5 Å². The summed E-state index contributed by atoms with van der Waals surface area (Å²) in [4.78, 5) is 23.0. The molecular formula is C16H19ClN4OS. The number of nitrogens with one attached hydrogen (secondary N) is 1. The maximum atomic E-state index is 11.7. The molecule has 7 heteroatoms. The maximum Gasteiger partial charge on any atom is 0.217 e. The summed E-state index contributed by atoms with van der Waals surface area (Å²) >= 11 is 7.50. The van der Waals surface area contributed by atoms with Crippen LogP contribution in [0.25, 0.3) is 0 Å². The number of thiazole rings is 1. The molecule has 122 valence electrons. The topological polar surface area (TPSA) is 58.1 Å². The molecule has 1 aliphatic heterocycles. The van der Waals surface area contributed by atoms with Gasteiger partial charge >= 0.3 is 0 Å². The van der Waals surface area contributed by atoms with E-state index in [2.05, 4.69) is 20.2 Å². The highest BCUT2D eigenvalue weighted by Gasteiger charge is 2.42. The molecule has 1 unspecified atom stereocenters. The number of hydrogen-bond donors (Lipinski definition) is 1. The van der Waals surface area contributed by atoms with Gasteiger partial charge in [0.05, 0.1) is 10.7 Å². The van der Waals surface area contributed by atoms with E-state index in [0.717, 1.165) is 42.5 Å². The summed E-state index contributed by atoms with van der Waals surface area (Å²) < 4.78 is 0. The summed E-state index contributed by atoms with van der Waals surface area (Å²) in [7, 11) is 0. The number of hydrogen-bond acceptors (Lipinski definition) is 5. The van der Waals surface area contributed by atoms with E-state index in [4.69, 9.17) is 11.6 Å². The predicted molar refractivity (Wildman–Crippen MR) is 91.5 cm³/mol. The molecule has 1 saturated heterocycles. The van der Waals surface area contributed by atoms with Gasteiger partial charge < -0.3 is 5.32 Å². The Morgan fingerprint density at radius 3 is 2.96 bits per heavy atom. The van der Waals surface area contributed by atoms with Crippen LogP contribution in [0.5, 0.6) is 0 Å². The van der Waals surface area contributed by atoms with Crippen LogP contribution in [0.3, 0.4) is 0 Å². The number of carbonyl (C=O) groups is 1. The average Bonchev–Trinajstić information content (AvgIpc) is 3.09. The van der Waals surface area contributed by atoms with E-state index >= 15 is 0 Å². The number of aromatic nitrogens is 2. The van der Waals surface area contributed by atoms with Crippen molar-refractivity contribution in [2.24, 2.45) is 0 Å². The van der Waals surface area contributed by atoms with E-state index in [1.165, 1.54) is 0 Å². The van der Waals surface area contributed by atoms with E-state index in [-0.39, 0.29) is 5.91 Å². The third-order valence-corrected chi connectivity index (χ3v) is 5.35. The molecule has 1 fully saturated rings. The van der Waals surface area contributed by atoms with Crippen molar-refractivity contribution >= 4 is 28.8 Å². The summed E-state index contributed by atoms with van der Waals surface area (Å²) in [5.74, 6) is -0.0238. The second kappa shape index (κ2) is 6.55. The molecule has 2 aromatic heterocycles. The smallest absolute Gasteiger partial charge is 0.217 e. The third kappa shape index (κ3) is 3.71. The summed E-state index contributed by atoms with van der Waals surface area (Å²) in [5.41, 5.74) is 1.58. The summed E-state index contributed by atoms with van der Waals surface area (Å²) in [6, 6.07) is 3.79. The number of rotatable bonds is 4. The van der Waals surface area contributed by atoms with Crippen LogP contribution in [0.4, 0.5) is 0 Å². The quantitative estimate of drug-likeness (QED) is 0.921. The Morgan fingerprint density at radius 2 is 2.35 bits per heavy atom. The van der Waals surface area contributed by atoms with E-state index in [1.54, 1.807) is 24.5 Å². The second-order valence-electron chi connectivity index (χ2n) is 5.99. The fourth-order valence-electron chi connectivity index (χ4n) is 2.99. The summed E-state index contributed by atoms with van der Waals surface area (Å²) in [6.45, 7) is 5.91. The van der Waals surface area contributed by atoms with Gasteiger partial charge in [0.15, 0.2) is 0 Å². The molecule has 1 amide bonds. The third-order valence-electron chi connectivity index (χ3n) is 3.97. The average molecular weight is 351 g/mol. The van der Waals surface area contributed by atoms with E-state index in [0.29, 0.717) is 5.02 Å². The Hall–Kier alpha value is -1.50. The first kappa shape index (κ1) is 16.4. The highest BCUT2D eigenvalue weighted by molar-refractivity contribution is 7.09. The SMILES string of the molecule is CC(=O)NC1(c2nc(C)cs2)CCN(Cc2ccc(Cl)cn2)C1. The van der Waals surface area contributed by atoms with E-state index in [1.807, 2.05) is 24.4 Å². The lowest BCUT2D eigenvalue weighted by molar-refractivity contribution is -0.120. The minimum absolute atomic E-state index is 0.0238. The minimum Gasteiger partial charge on any atom is -0.343 e. The zero-order valence-corrected chi connectivity index (χ0v) is 14.7. The van der Waals surface area contributed by atoms with Gasteiger partial charge in [-0.2, -0.15) is 0 Å². The molecule has 5 nitrogen and oxygen atoms in total. The second-order valence-corrected chi connectivity index (χ2v) is 7.28. The van der Waals surface area contributed by atoms with Crippen LogP contribution >= 0.6 is 22.9 Å². The van der Waals surface area contributed by atoms with Gasteiger partial charge in [0.1, 0.15) is 10.5 Å². The standard InChI is InChI=1S/C16H19ClN4OS/c1-11-9-23-15(19-11)16(20-12(2)22)5-6-21(10-16)8-14-4-3-13(17)7-18-14/h3-4,7,9H,5-6,8,10H2,1-2H3,(H,20,22). The van der Waals surface area contributed by atoms with E-state index in [9.17, 15) is 4.79 Å². The van der Waals surface area contributed by atoms with Crippen LogP contribution in [0.1, 0.15) is 29.7 Å². The molecule has 0 saturated carbocycles. The number of amides is 1. The predicted octanol–water partition coefficient (Wildman–Crippen LogP) is 2.74. The molecule has 3 heterocycles. The maximum absolute atomic E-state index is 11.7. The molecule has 0 aliphatic carbocycles.